The quantitative estimate of drug-likeness (QED) is 0.375. The van der Waals surface area contributed by atoms with Crippen LogP contribution in [-0.2, 0) is 11.3 Å². The smallest absolute Gasteiger partial charge is 0.340 e. The first-order valence-electron chi connectivity index (χ1n) is 10.1. The molecule has 0 aliphatic rings. The van der Waals surface area contributed by atoms with Gasteiger partial charge in [-0.25, -0.2) is 4.79 Å². The second kappa shape index (κ2) is 10.3. The number of amides is 1. The van der Waals surface area contributed by atoms with Crippen LogP contribution in [0.25, 0.3) is 5.69 Å². The van der Waals surface area contributed by atoms with Gasteiger partial charge in [-0.3, -0.25) is 9.59 Å². The Morgan fingerprint density at radius 2 is 1.59 bits per heavy atom. The van der Waals surface area contributed by atoms with Crippen molar-refractivity contribution in [1.29, 1.82) is 0 Å². The molecule has 1 amide bonds. The Balaban J connectivity index is 1.45. The fourth-order valence-electron chi connectivity index (χ4n) is 3.12. The summed E-state index contributed by atoms with van der Waals surface area (Å²) in [7, 11) is 0. The highest BCUT2D eigenvalue weighted by atomic mass is 35.5. The van der Waals surface area contributed by atoms with E-state index in [2.05, 4.69) is 10.4 Å². The Kier molecular flexibility index (Phi) is 7.06. The summed E-state index contributed by atoms with van der Waals surface area (Å²) in [6.45, 7) is -0.0303. The maximum Gasteiger partial charge on any atom is 0.340 e. The molecule has 0 aliphatic heterocycles. The lowest BCUT2D eigenvalue weighted by Crippen LogP contribution is -2.23. The zero-order valence-electron chi connectivity index (χ0n) is 17.6. The summed E-state index contributed by atoms with van der Waals surface area (Å²) in [4.78, 5) is 37.6. The molecule has 1 aromatic heterocycles. The third-order valence-corrected chi connectivity index (χ3v) is 5.59. The Bertz CT molecular complexity index is 1400. The molecule has 7 nitrogen and oxygen atoms in total. The van der Waals surface area contributed by atoms with Crippen molar-refractivity contribution in [2.45, 2.75) is 6.61 Å². The van der Waals surface area contributed by atoms with E-state index in [1.54, 1.807) is 54.6 Å². The van der Waals surface area contributed by atoms with Crippen molar-refractivity contribution in [1.82, 2.24) is 9.78 Å². The van der Waals surface area contributed by atoms with Gasteiger partial charge in [-0.15, -0.1) is 0 Å². The number of hydrogen-bond donors (Lipinski definition) is 1. The fraction of sp³-hybridized carbons (Fsp3) is 0.0400. The second-order valence-electron chi connectivity index (χ2n) is 7.13. The van der Waals surface area contributed by atoms with Gasteiger partial charge in [0.2, 0.25) is 0 Å². The van der Waals surface area contributed by atoms with E-state index < -0.39 is 11.5 Å². The molecule has 0 fully saturated rings. The molecule has 0 atom stereocenters. The number of carbonyl (C=O) groups is 2. The molecule has 34 heavy (non-hydrogen) atoms. The maximum absolute atomic E-state index is 12.8. The summed E-state index contributed by atoms with van der Waals surface area (Å²) in [5.74, 6) is -0.899. The predicted molar refractivity (Wildman–Crippen MR) is 130 cm³/mol. The van der Waals surface area contributed by atoms with Crippen LogP contribution in [0.2, 0.25) is 10.0 Å². The van der Waals surface area contributed by atoms with E-state index in [9.17, 15) is 14.4 Å². The molecule has 0 bridgehead atoms. The average molecular weight is 494 g/mol. The fourth-order valence-corrected chi connectivity index (χ4v) is 3.37. The van der Waals surface area contributed by atoms with Gasteiger partial charge >= 0.3 is 5.97 Å². The van der Waals surface area contributed by atoms with E-state index in [4.69, 9.17) is 27.9 Å². The SMILES string of the molecule is O=C(Nc1ccccc1)c1ccc(COC(=O)c2ccccc2-n2ncc(Cl)c(Cl)c2=O)cc1. The van der Waals surface area contributed by atoms with Crippen LogP contribution in [0, 0.1) is 0 Å². The summed E-state index contributed by atoms with van der Waals surface area (Å²) in [5, 5.41) is 6.60. The van der Waals surface area contributed by atoms with Crippen molar-refractivity contribution in [3.63, 3.8) is 0 Å². The van der Waals surface area contributed by atoms with Crippen molar-refractivity contribution < 1.29 is 14.3 Å². The molecule has 1 N–H and O–H groups in total. The molecule has 1 heterocycles. The molecule has 0 spiro atoms. The topological polar surface area (TPSA) is 90.3 Å². The number of ether oxygens (including phenoxy) is 1. The number of rotatable bonds is 6. The van der Waals surface area contributed by atoms with Gasteiger partial charge in [0.25, 0.3) is 11.5 Å². The van der Waals surface area contributed by atoms with Gasteiger partial charge < -0.3 is 10.1 Å². The number of aromatic nitrogens is 2. The van der Waals surface area contributed by atoms with Gasteiger partial charge in [-0.2, -0.15) is 9.78 Å². The van der Waals surface area contributed by atoms with Crippen LogP contribution >= 0.6 is 23.2 Å². The minimum atomic E-state index is -0.654. The Hall–Kier alpha value is -3.94. The van der Waals surface area contributed by atoms with E-state index in [1.165, 1.54) is 12.3 Å². The van der Waals surface area contributed by atoms with Crippen LogP contribution < -0.4 is 10.9 Å². The Morgan fingerprint density at radius 3 is 2.32 bits per heavy atom. The van der Waals surface area contributed by atoms with Crippen molar-refractivity contribution in [3.8, 4) is 5.69 Å². The number of halogens is 2. The first kappa shape index (κ1) is 23.2. The van der Waals surface area contributed by atoms with Crippen LogP contribution in [0.1, 0.15) is 26.3 Å². The third kappa shape index (κ3) is 5.17. The monoisotopic (exact) mass is 493 g/mol. The standard InChI is InChI=1S/C25H17Cl2N3O4/c26-20-14-28-30(24(32)22(20)27)21-9-5-4-8-19(21)25(33)34-15-16-10-12-17(13-11-16)23(31)29-18-6-2-1-3-7-18/h1-14H,15H2,(H,29,31). The average Bonchev–Trinajstić information content (AvgIpc) is 2.87. The summed E-state index contributed by atoms with van der Waals surface area (Å²) in [6, 6.07) is 22.2. The molecule has 4 rings (SSSR count). The first-order chi connectivity index (χ1) is 16.4. The number of hydrogen-bond acceptors (Lipinski definition) is 5. The van der Waals surface area contributed by atoms with E-state index in [0.717, 1.165) is 4.68 Å². The van der Waals surface area contributed by atoms with Crippen LogP contribution in [0.3, 0.4) is 0 Å². The minimum Gasteiger partial charge on any atom is -0.457 e. The molecule has 0 unspecified atom stereocenters. The number of nitrogens with zero attached hydrogens (tertiary/aromatic N) is 2. The second-order valence-corrected chi connectivity index (χ2v) is 7.92. The highest BCUT2D eigenvalue weighted by Gasteiger charge is 2.18. The molecule has 9 heteroatoms. The van der Waals surface area contributed by atoms with Crippen molar-refractivity contribution >= 4 is 40.8 Å². The molecular formula is C25H17Cl2N3O4. The molecule has 0 radical (unpaired) electrons. The maximum atomic E-state index is 12.8. The number of esters is 1. The van der Waals surface area contributed by atoms with E-state index >= 15 is 0 Å². The molecule has 170 valence electrons. The number of benzene rings is 3. The van der Waals surface area contributed by atoms with Crippen LogP contribution in [-0.4, -0.2) is 21.7 Å². The van der Waals surface area contributed by atoms with Crippen molar-refractivity contribution in [3.05, 3.63) is 122 Å². The zero-order valence-corrected chi connectivity index (χ0v) is 19.1. The number of para-hydroxylation sites is 2. The minimum absolute atomic E-state index is 0.0175. The Labute approximate surface area is 204 Å². The molecule has 0 saturated heterocycles. The number of anilines is 1. The van der Waals surface area contributed by atoms with Crippen LogP contribution in [0.15, 0.2) is 89.9 Å². The third-order valence-electron chi connectivity index (χ3n) is 4.85. The summed E-state index contributed by atoms with van der Waals surface area (Å²) in [6.07, 6.45) is 1.23. The number of carbonyl (C=O) groups excluding carboxylic acids is 2. The van der Waals surface area contributed by atoms with Crippen molar-refractivity contribution in [2.24, 2.45) is 0 Å². The van der Waals surface area contributed by atoms with Crippen LogP contribution in [0.5, 0.6) is 0 Å². The molecule has 3 aromatic carbocycles. The van der Waals surface area contributed by atoms with Gasteiger partial charge in [0.15, 0.2) is 0 Å². The highest BCUT2D eigenvalue weighted by Crippen LogP contribution is 2.19. The lowest BCUT2D eigenvalue weighted by atomic mass is 10.1. The highest BCUT2D eigenvalue weighted by molar-refractivity contribution is 6.41. The van der Waals surface area contributed by atoms with Gasteiger partial charge in [0.1, 0.15) is 11.6 Å². The van der Waals surface area contributed by atoms with Crippen LogP contribution in [0.4, 0.5) is 5.69 Å². The molecular weight excluding hydrogens is 477 g/mol. The first-order valence-corrected chi connectivity index (χ1v) is 10.8. The normalized spacial score (nSPS) is 10.5. The summed E-state index contributed by atoms with van der Waals surface area (Å²) < 4.78 is 6.42. The Morgan fingerprint density at radius 1 is 0.912 bits per heavy atom. The van der Waals surface area contributed by atoms with Gasteiger partial charge in [0, 0.05) is 11.3 Å². The lowest BCUT2D eigenvalue weighted by molar-refractivity contribution is 0.0472. The van der Waals surface area contributed by atoms with E-state index in [-0.39, 0.29) is 33.8 Å². The lowest BCUT2D eigenvalue weighted by Gasteiger charge is -2.11. The molecule has 4 aromatic rings. The summed E-state index contributed by atoms with van der Waals surface area (Å²) in [5.41, 5.74) is 1.54. The zero-order chi connectivity index (χ0) is 24.1. The van der Waals surface area contributed by atoms with E-state index in [0.29, 0.717) is 16.8 Å². The van der Waals surface area contributed by atoms with E-state index in [1.807, 2.05) is 18.2 Å². The number of nitrogens with one attached hydrogen (secondary N) is 1. The van der Waals surface area contributed by atoms with Gasteiger partial charge in [-0.1, -0.05) is 65.7 Å². The van der Waals surface area contributed by atoms with Gasteiger partial charge in [0.05, 0.1) is 22.5 Å². The van der Waals surface area contributed by atoms with Crippen molar-refractivity contribution in [2.75, 3.05) is 5.32 Å². The van der Waals surface area contributed by atoms with Gasteiger partial charge in [-0.05, 0) is 42.0 Å². The molecule has 0 saturated carbocycles. The summed E-state index contributed by atoms with van der Waals surface area (Å²) >= 11 is 11.8. The predicted octanol–water partition coefficient (Wildman–Crippen LogP) is 5.15. The largest absolute Gasteiger partial charge is 0.457 e. The molecule has 0 aliphatic carbocycles.